The number of rotatable bonds is 2. The van der Waals surface area contributed by atoms with E-state index in [1.807, 2.05) is 35.2 Å². The van der Waals surface area contributed by atoms with Crippen molar-refractivity contribution < 1.29 is 4.79 Å². The minimum Gasteiger partial charge on any atom is -0.353 e. The van der Waals surface area contributed by atoms with Crippen LogP contribution in [0.5, 0.6) is 0 Å². The molecule has 0 saturated carbocycles. The van der Waals surface area contributed by atoms with Gasteiger partial charge >= 0.3 is 0 Å². The molecule has 0 aromatic heterocycles. The highest BCUT2D eigenvalue weighted by Gasteiger charge is 2.30. The van der Waals surface area contributed by atoms with Gasteiger partial charge in [0.2, 0.25) is 5.91 Å². The average Bonchev–Trinajstić information content (AvgIpc) is 2.33. The number of piperazine rings is 1. The van der Waals surface area contributed by atoms with E-state index in [4.69, 9.17) is 12.2 Å². The number of carbonyl (C=O) groups is 1. The lowest BCUT2D eigenvalue weighted by Gasteiger charge is -2.35. The molecule has 0 radical (unpaired) electrons. The van der Waals surface area contributed by atoms with Crippen molar-refractivity contribution in [2.45, 2.75) is 12.5 Å². The molecule has 1 amide bonds. The Bertz CT molecular complexity index is 422. The third kappa shape index (κ3) is 2.98. The molecule has 0 spiro atoms. The van der Waals surface area contributed by atoms with Crippen LogP contribution in [0.15, 0.2) is 30.3 Å². The van der Waals surface area contributed by atoms with Gasteiger partial charge in [0.15, 0.2) is 0 Å². The monoisotopic (exact) mass is 266 g/mol. The summed E-state index contributed by atoms with van der Waals surface area (Å²) < 4.78 is 0.487. The molecule has 90 valence electrons. The van der Waals surface area contributed by atoms with Gasteiger partial charge in [-0.3, -0.25) is 4.79 Å². The summed E-state index contributed by atoms with van der Waals surface area (Å²) in [5.41, 5.74) is 1.13. The number of thiol groups is 1. The van der Waals surface area contributed by atoms with E-state index in [1.165, 1.54) is 0 Å². The first-order valence-electron chi connectivity index (χ1n) is 5.49. The molecular formula is C12H14N2OS2. The van der Waals surface area contributed by atoms with Gasteiger partial charge in [0, 0.05) is 19.5 Å². The Balaban J connectivity index is 2.15. The zero-order chi connectivity index (χ0) is 12.3. The van der Waals surface area contributed by atoms with Crippen molar-refractivity contribution in [3.8, 4) is 0 Å². The number of amides is 1. The minimum absolute atomic E-state index is 0.0245. The number of thiocarbonyl (C=S) groups is 1. The van der Waals surface area contributed by atoms with Crippen molar-refractivity contribution in [3.63, 3.8) is 0 Å². The van der Waals surface area contributed by atoms with Crippen LogP contribution in [0.3, 0.4) is 0 Å². The third-order valence-electron chi connectivity index (χ3n) is 2.85. The van der Waals surface area contributed by atoms with Gasteiger partial charge in [-0.25, -0.2) is 0 Å². The van der Waals surface area contributed by atoms with Crippen LogP contribution in [0.4, 0.5) is 0 Å². The Labute approximate surface area is 112 Å². The van der Waals surface area contributed by atoms with Crippen molar-refractivity contribution in [1.82, 2.24) is 10.2 Å². The zero-order valence-corrected chi connectivity index (χ0v) is 11.0. The second kappa shape index (κ2) is 5.51. The maximum atomic E-state index is 11.9. The fourth-order valence-corrected chi connectivity index (χ4v) is 2.44. The topological polar surface area (TPSA) is 32.3 Å². The van der Waals surface area contributed by atoms with Gasteiger partial charge in [0.05, 0.1) is 0 Å². The normalized spacial score (nSPS) is 19.9. The standard InChI is InChI=1S/C12H14N2OS2/c15-11-10(8-9-4-2-1-3-5-9)14(12(16)17)7-6-13-11/h1-5,10H,6-8H2,(H,13,15)(H,16,17). The van der Waals surface area contributed by atoms with E-state index >= 15 is 0 Å². The van der Waals surface area contributed by atoms with E-state index in [0.29, 0.717) is 17.3 Å². The summed E-state index contributed by atoms with van der Waals surface area (Å²) in [5, 5.41) is 2.86. The summed E-state index contributed by atoms with van der Waals surface area (Å²) in [4.78, 5) is 13.7. The van der Waals surface area contributed by atoms with E-state index in [2.05, 4.69) is 17.9 Å². The zero-order valence-electron chi connectivity index (χ0n) is 9.30. The molecule has 3 nitrogen and oxygen atoms in total. The molecule has 1 aromatic carbocycles. The number of hydrogen-bond acceptors (Lipinski definition) is 2. The predicted molar refractivity (Wildman–Crippen MR) is 75.2 cm³/mol. The van der Waals surface area contributed by atoms with Crippen LogP contribution in [0, 0.1) is 0 Å². The maximum absolute atomic E-state index is 11.9. The van der Waals surface area contributed by atoms with E-state index in [9.17, 15) is 4.79 Å². The van der Waals surface area contributed by atoms with Crippen LogP contribution < -0.4 is 5.32 Å². The number of benzene rings is 1. The quantitative estimate of drug-likeness (QED) is 0.624. The molecule has 1 aromatic rings. The number of nitrogens with zero attached hydrogens (tertiary/aromatic N) is 1. The first-order chi connectivity index (χ1) is 8.18. The predicted octanol–water partition coefficient (Wildman–Crippen LogP) is 1.24. The fourth-order valence-electron chi connectivity index (χ4n) is 1.98. The number of carbonyl (C=O) groups excluding carboxylic acids is 1. The molecule has 1 atom stereocenters. The summed E-state index contributed by atoms with van der Waals surface area (Å²) in [6.45, 7) is 1.36. The fraction of sp³-hybridized carbons (Fsp3) is 0.333. The molecule has 5 heteroatoms. The Hall–Kier alpha value is -1.07. The highest BCUT2D eigenvalue weighted by molar-refractivity contribution is 8.10. The van der Waals surface area contributed by atoms with Crippen LogP contribution in [0.1, 0.15) is 5.56 Å². The highest BCUT2D eigenvalue weighted by Crippen LogP contribution is 2.14. The molecule has 0 bridgehead atoms. The Morgan fingerprint density at radius 2 is 2.18 bits per heavy atom. The maximum Gasteiger partial charge on any atom is 0.243 e. The van der Waals surface area contributed by atoms with Crippen LogP contribution in [0.2, 0.25) is 0 Å². The van der Waals surface area contributed by atoms with Gasteiger partial charge in [-0.05, 0) is 5.56 Å². The van der Waals surface area contributed by atoms with Gasteiger partial charge in [-0.15, -0.1) is 12.6 Å². The molecular weight excluding hydrogens is 252 g/mol. The van der Waals surface area contributed by atoms with E-state index < -0.39 is 0 Å². The highest BCUT2D eigenvalue weighted by atomic mass is 32.1. The van der Waals surface area contributed by atoms with E-state index in [1.54, 1.807) is 0 Å². The van der Waals surface area contributed by atoms with Crippen molar-refractivity contribution in [2.24, 2.45) is 0 Å². The Morgan fingerprint density at radius 1 is 1.47 bits per heavy atom. The molecule has 1 aliphatic heterocycles. The van der Waals surface area contributed by atoms with E-state index in [-0.39, 0.29) is 11.9 Å². The second-order valence-electron chi connectivity index (χ2n) is 3.97. The van der Waals surface area contributed by atoms with Crippen LogP contribution >= 0.6 is 24.8 Å². The lowest BCUT2D eigenvalue weighted by Crippen LogP contribution is -2.56. The molecule has 17 heavy (non-hydrogen) atoms. The van der Waals surface area contributed by atoms with E-state index in [0.717, 1.165) is 12.1 Å². The second-order valence-corrected chi connectivity index (χ2v) is 5.09. The molecule has 1 N–H and O–H groups in total. The first kappa shape index (κ1) is 12.4. The summed E-state index contributed by atoms with van der Waals surface area (Å²) in [5.74, 6) is 0.0245. The molecule has 1 fully saturated rings. The molecule has 1 aliphatic rings. The molecule has 0 aliphatic carbocycles. The van der Waals surface area contributed by atoms with Gasteiger partial charge in [0.1, 0.15) is 10.4 Å². The molecule has 1 saturated heterocycles. The van der Waals surface area contributed by atoms with Crippen LogP contribution in [-0.2, 0) is 11.2 Å². The van der Waals surface area contributed by atoms with Crippen molar-refractivity contribution in [2.75, 3.05) is 13.1 Å². The van der Waals surface area contributed by atoms with Crippen LogP contribution in [0.25, 0.3) is 0 Å². The Kier molecular flexibility index (Phi) is 4.02. The molecule has 2 rings (SSSR count). The molecule has 1 unspecified atom stereocenters. The lowest BCUT2D eigenvalue weighted by molar-refractivity contribution is -0.126. The summed E-state index contributed by atoms with van der Waals surface area (Å²) >= 11 is 9.26. The van der Waals surface area contributed by atoms with Gasteiger partial charge < -0.3 is 10.2 Å². The van der Waals surface area contributed by atoms with Crippen molar-refractivity contribution >= 4 is 35.1 Å². The van der Waals surface area contributed by atoms with Gasteiger partial charge in [0.25, 0.3) is 0 Å². The lowest BCUT2D eigenvalue weighted by atomic mass is 10.0. The van der Waals surface area contributed by atoms with Gasteiger partial charge in [-0.2, -0.15) is 0 Å². The first-order valence-corrected chi connectivity index (χ1v) is 6.35. The summed E-state index contributed by atoms with van der Waals surface area (Å²) in [6.07, 6.45) is 0.660. The smallest absolute Gasteiger partial charge is 0.243 e. The minimum atomic E-state index is -0.240. The van der Waals surface area contributed by atoms with Crippen LogP contribution in [-0.4, -0.2) is 34.3 Å². The number of nitrogens with one attached hydrogen (secondary N) is 1. The van der Waals surface area contributed by atoms with Gasteiger partial charge in [-0.1, -0.05) is 42.5 Å². The molecule has 1 heterocycles. The number of hydrogen-bond donors (Lipinski definition) is 2. The average molecular weight is 266 g/mol. The summed E-state index contributed by atoms with van der Waals surface area (Å²) in [7, 11) is 0. The Morgan fingerprint density at radius 3 is 2.82 bits per heavy atom. The largest absolute Gasteiger partial charge is 0.353 e. The SMILES string of the molecule is O=C1NCCN(C(=S)S)C1Cc1ccccc1. The third-order valence-corrected chi connectivity index (χ3v) is 3.34. The van der Waals surface area contributed by atoms with Crippen molar-refractivity contribution in [3.05, 3.63) is 35.9 Å². The van der Waals surface area contributed by atoms with Crippen molar-refractivity contribution in [1.29, 1.82) is 0 Å². The summed E-state index contributed by atoms with van der Waals surface area (Å²) in [6, 6.07) is 9.70.